The lowest BCUT2D eigenvalue weighted by Crippen LogP contribution is -1.96. The fourth-order valence-electron chi connectivity index (χ4n) is 8.02. The van der Waals surface area contributed by atoms with Crippen molar-refractivity contribution >= 4 is 54.3 Å². The highest BCUT2D eigenvalue weighted by Gasteiger charge is 2.25. The van der Waals surface area contributed by atoms with E-state index in [-0.39, 0.29) is 0 Å². The summed E-state index contributed by atoms with van der Waals surface area (Å²) in [5.41, 5.74) is 11.6. The maximum atomic E-state index is 6.57. The molecule has 0 bridgehead atoms. The van der Waals surface area contributed by atoms with Crippen LogP contribution in [0, 0.1) is 0 Å². The summed E-state index contributed by atoms with van der Waals surface area (Å²) >= 11 is 0. The number of hydrogen-bond acceptors (Lipinski definition) is 1. The van der Waals surface area contributed by atoms with Crippen molar-refractivity contribution in [2.24, 2.45) is 0 Å². The van der Waals surface area contributed by atoms with Crippen LogP contribution in [0.15, 0.2) is 186 Å². The highest BCUT2D eigenvalue weighted by Crippen LogP contribution is 2.52. The average molecular weight is 623 g/mol. The lowest BCUT2D eigenvalue weighted by Gasteiger charge is -2.23. The van der Waals surface area contributed by atoms with Gasteiger partial charge in [-0.05, 0) is 83.4 Å². The van der Waals surface area contributed by atoms with E-state index in [0.29, 0.717) is 0 Å². The molecule has 10 rings (SSSR count). The fourth-order valence-corrected chi connectivity index (χ4v) is 8.02. The molecule has 10 aromatic rings. The molecule has 0 saturated carbocycles. The van der Waals surface area contributed by atoms with Gasteiger partial charge in [0.25, 0.3) is 0 Å². The van der Waals surface area contributed by atoms with E-state index in [9.17, 15) is 0 Å². The van der Waals surface area contributed by atoms with Crippen molar-refractivity contribution in [3.8, 4) is 44.5 Å². The number of para-hydroxylation sites is 1. The monoisotopic (exact) mass is 622 g/mol. The van der Waals surface area contributed by atoms with Gasteiger partial charge < -0.3 is 4.42 Å². The van der Waals surface area contributed by atoms with Crippen LogP contribution in [0.4, 0.5) is 0 Å². The van der Waals surface area contributed by atoms with Gasteiger partial charge in [0.05, 0.1) is 0 Å². The van der Waals surface area contributed by atoms with Crippen molar-refractivity contribution in [1.82, 2.24) is 0 Å². The standard InChI is InChI=1S/C48H30O/c1-3-16-31(17-4-1)34-27-15-28-35(32-18-5-2-6-19-32)44(34)45-37-22-9-11-24-39(37)46(40-25-12-10-23-38(40)45)48-36-21-8-7-20-33(36)30-43-47(48)41-26-13-14-29-42(41)49-43/h1-30H. The van der Waals surface area contributed by atoms with Gasteiger partial charge in [0, 0.05) is 16.3 Å². The van der Waals surface area contributed by atoms with Gasteiger partial charge in [0.15, 0.2) is 0 Å². The Morgan fingerprint density at radius 3 is 1.31 bits per heavy atom. The predicted octanol–water partition coefficient (Wildman–Crippen LogP) is 13.7. The highest BCUT2D eigenvalue weighted by molar-refractivity contribution is 6.30. The summed E-state index contributed by atoms with van der Waals surface area (Å²) in [4.78, 5) is 0. The van der Waals surface area contributed by atoms with Gasteiger partial charge in [-0.1, -0.05) is 170 Å². The zero-order chi connectivity index (χ0) is 32.3. The quantitative estimate of drug-likeness (QED) is 0.178. The summed E-state index contributed by atoms with van der Waals surface area (Å²) in [5.74, 6) is 0. The Bertz CT molecular complexity index is 2750. The van der Waals surface area contributed by atoms with Crippen LogP contribution < -0.4 is 0 Å². The minimum Gasteiger partial charge on any atom is -0.456 e. The van der Waals surface area contributed by atoms with Crippen molar-refractivity contribution in [2.45, 2.75) is 0 Å². The van der Waals surface area contributed by atoms with Crippen molar-refractivity contribution in [2.75, 3.05) is 0 Å². The van der Waals surface area contributed by atoms with Crippen LogP contribution in [-0.2, 0) is 0 Å². The zero-order valence-corrected chi connectivity index (χ0v) is 26.7. The van der Waals surface area contributed by atoms with Gasteiger partial charge in [-0.3, -0.25) is 0 Å². The Labute approximate surface area is 284 Å². The normalized spacial score (nSPS) is 11.7. The van der Waals surface area contributed by atoms with Crippen LogP contribution in [-0.4, -0.2) is 0 Å². The van der Waals surface area contributed by atoms with Crippen molar-refractivity contribution in [3.05, 3.63) is 182 Å². The Morgan fingerprint density at radius 1 is 0.286 bits per heavy atom. The van der Waals surface area contributed by atoms with Crippen LogP contribution >= 0.6 is 0 Å². The molecule has 0 N–H and O–H groups in total. The molecule has 0 aliphatic heterocycles. The fraction of sp³-hybridized carbons (Fsp3) is 0. The first kappa shape index (κ1) is 27.7. The summed E-state index contributed by atoms with van der Waals surface area (Å²) in [6, 6.07) is 65.7. The molecule has 0 aliphatic rings. The van der Waals surface area contributed by atoms with E-state index in [0.717, 1.165) is 21.9 Å². The topological polar surface area (TPSA) is 13.1 Å². The summed E-state index contributed by atoms with van der Waals surface area (Å²) in [5, 5.41) is 9.59. The van der Waals surface area contributed by atoms with Gasteiger partial charge in [-0.15, -0.1) is 0 Å². The SMILES string of the molecule is c1ccc(-c2cccc(-c3ccccc3)c2-c2c3ccccc3c(-c3c4ccccc4cc4oc5ccccc5c34)c3ccccc23)cc1. The van der Waals surface area contributed by atoms with Crippen LogP contribution in [0.25, 0.3) is 98.8 Å². The number of hydrogen-bond donors (Lipinski definition) is 0. The van der Waals surface area contributed by atoms with Gasteiger partial charge in [-0.25, -0.2) is 0 Å². The molecule has 1 aromatic heterocycles. The molecule has 49 heavy (non-hydrogen) atoms. The number of furan rings is 1. The van der Waals surface area contributed by atoms with Crippen LogP contribution in [0.3, 0.4) is 0 Å². The van der Waals surface area contributed by atoms with E-state index < -0.39 is 0 Å². The van der Waals surface area contributed by atoms with Crippen LogP contribution in [0.1, 0.15) is 0 Å². The minimum absolute atomic E-state index is 0.906. The van der Waals surface area contributed by atoms with Gasteiger partial charge >= 0.3 is 0 Å². The molecule has 1 heterocycles. The van der Waals surface area contributed by atoms with E-state index in [1.807, 2.05) is 0 Å². The Balaban J connectivity index is 1.43. The van der Waals surface area contributed by atoms with E-state index >= 15 is 0 Å². The van der Waals surface area contributed by atoms with Crippen molar-refractivity contribution < 1.29 is 4.42 Å². The first-order chi connectivity index (χ1) is 24.3. The zero-order valence-electron chi connectivity index (χ0n) is 26.7. The van der Waals surface area contributed by atoms with E-state index in [4.69, 9.17) is 4.42 Å². The van der Waals surface area contributed by atoms with E-state index in [2.05, 4.69) is 182 Å². The van der Waals surface area contributed by atoms with Crippen molar-refractivity contribution in [1.29, 1.82) is 0 Å². The second-order valence-corrected chi connectivity index (χ2v) is 12.7. The molecular weight excluding hydrogens is 593 g/mol. The maximum absolute atomic E-state index is 6.57. The molecule has 0 unspecified atom stereocenters. The highest BCUT2D eigenvalue weighted by atomic mass is 16.3. The predicted molar refractivity (Wildman–Crippen MR) is 208 cm³/mol. The van der Waals surface area contributed by atoms with Crippen LogP contribution in [0.2, 0.25) is 0 Å². The molecular formula is C48H30O. The molecule has 0 radical (unpaired) electrons. The second-order valence-electron chi connectivity index (χ2n) is 12.7. The number of fused-ring (bicyclic) bond motifs is 6. The molecule has 0 spiro atoms. The maximum Gasteiger partial charge on any atom is 0.136 e. The Morgan fingerprint density at radius 2 is 0.735 bits per heavy atom. The van der Waals surface area contributed by atoms with Gasteiger partial charge in [-0.2, -0.15) is 0 Å². The summed E-state index contributed by atoms with van der Waals surface area (Å²) < 4.78 is 6.57. The third-order valence-corrected chi connectivity index (χ3v) is 10.1. The average Bonchev–Trinajstić information content (AvgIpc) is 3.55. The Kier molecular flexibility index (Phi) is 6.25. The Hall–Kier alpha value is -6.44. The molecule has 1 heteroatoms. The smallest absolute Gasteiger partial charge is 0.136 e. The lowest BCUT2D eigenvalue weighted by atomic mass is 9.80. The van der Waals surface area contributed by atoms with E-state index in [1.54, 1.807) is 0 Å². The molecule has 1 nitrogen and oxygen atoms in total. The molecule has 0 saturated heterocycles. The molecule has 0 amide bonds. The van der Waals surface area contributed by atoms with Gasteiger partial charge in [0.1, 0.15) is 11.2 Å². The minimum atomic E-state index is 0.906. The molecule has 0 atom stereocenters. The second kappa shape index (κ2) is 11.1. The summed E-state index contributed by atoms with van der Waals surface area (Å²) in [6.45, 7) is 0. The van der Waals surface area contributed by atoms with Gasteiger partial charge in [0.2, 0.25) is 0 Å². The molecule has 228 valence electrons. The molecule has 0 fully saturated rings. The third kappa shape index (κ3) is 4.26. The van der Waals surface area contributed by atoms with E-state index in [1.165, 1.54) is 76.8 Å². The first-order valence-electron chi connectivity index (χ1n) is 16.9. The summed E-state index contributed by atoms with van der Waals surface area (Å²) in [7, 11) is 0. The number of benzene rings is 9. The summed E-state index contributed by atoms with van der Waals surface area (Å²) in [6.07, 6.45) is 0. The molecule has 9 aromatic carbocycles. The van der Waals surface area contributed by atoms with Crippen molar-refractivity contribution in [3.63, 3.8) is 0 Å². The lowest BCUT2D eigenvalue weighted by molar-refractivity contribution is 0.669. The van der Waals surface area contributed by atoms with Crippen LogP contribution in [0.5, 0.6) is 0 Å². The number of rotatable bonds is 4. The molecule has 0 aliphatic carbocycles. The third-order valence-electron chi connectivity index (χ3n) is 10.1. The largest absolute Gasteiger partial charge is 0.456 e. The first-order valence-corrected chi connectivity index (χ1v) is 16.9.